The minimum atomic E-state index is 0.627. The van der Waals surface area contributed by atoms with Gasteiger partial charge in [-0.25, -0.2) is 0 Å². The lowest BCUT2D eigenvalue weighted by atomic mass is 9.77. The number of allylic oxidation sites excluding steroid dienone is 2. The van der Waals surface area contributed by atoms with E-state index in [4.69, 9.17) is 0 Å². The van der Waals surface area contributed by atoms with Gasteiger partial charge in [0.25, 0.3) is 0 Å². The van der Waals surface area contributed by atoms with Gasteiger partial charge in [-0.15, -0.1) is 0 Å². The van der Waals surface area contributed by atoms with E-state index in [0.717, 1.165) is 5.92 Å². The van der Waals surface area contributed by atoms with E-state index in [1.165, 1.54) is 32.1 Å². The molecule has 0 radical (unpaired) electrons. The van der Waals surface area contributed by atoms with Crippen LogP contribution in [0.5, 0.6) is 0 Å². The Kier molecular flexibility index (Phi) is 1.47. The molecule has 13 heavy (non-hydrogen) atoms. The highest BCUT2D eigenvalue weighted by molar-refractivity contribution is 9.11. The van der Waals surface area contributed by atoms with Gasteiger partial charge in [-0.2, -0.15) is 0 Å². The highest BCUT2D eigenvalue weighted by Gasteiger charge is 2.56. The van der Waals surface area contributed by atoms with Crippen LogP contribution in [-0.2, 0) is 0 Å². The maximum Gasteiger partial charge on any atom is -0.00489 e. The number of halogens is 1. The van der Waals surface area contributed by atoms with Crippen LogP contribution in [0, 0.1) is 16.7 Å². The van der Waals surface area contributed by atoms with Crippen LogP contribution in [-0.4, -0.2) is 0 Å². The molecule has 2 fully saturated rings. The van der Waals surface area contributed by atoms with Crippen LogP contribution in [0.1, 0.15) is 46.0 Å². The van der Waals surface area contributed by atoms with Crippen LogP contribution in [0.4, 0.5) is 0 Å². The van der Waals surface area contributed by atoms with E-state index >= 15 is 0 Å². The summed E-state index contributed by atoms with van der Waals surface area (Å²) in [5, 5.41) is 0. The molecular formula is C12H17Br. The van der Waals surface area contributed by atoms with Crippen molar-refractivity contribution in [3.8, 4) is 0 Å². The van der Waals surface area contributed by atoms with E-state index in [0.29, 0.717) is 10.8 Å². The maximum atomic E-state index is 3.80. The molecule has 2 saturated carbocycles. The van der Waals surface area contributed by atoms with E-state index in [1.807, 2.05) is 0 Å². The first-order valence-corrected chi connectivity index (χ1v) is 6.19. The fraction of sp³-hybridized carbons (Fsp3) is 0.833. The lowest BCUT2D eigenvalue weighted by Gasteiger charge is -2.30. The Balaban J connectivity index is 2.15. The van der Waals surface area contributed by atoms with Crippen LogP contribution in [0.25, 0.3) is 0 Å². The zero-order valence-corrected chi connectivity index (χ0v) is 10.1. The van der Waals surface area contributed by atoms with Gasteiger partial charge in [-0.05, 0) is 53.3 Å². The Morgan fingerprint density at radius 2 is 2.15 bits per heavy atom. The van der Waals surface area contributed by atoms with Crippen molar-refractivity contribution in [2.45, 2.75) is 46.0 Å². The summed E-state index contributed by atoms with van der Waals surface area (Å²) in [5.74, 6) is 0.931. The maximum absolute atomic E-state index is 3.80. The number of hydrogen-bond acceptors (Lipinski definition) is 0. The quantitative estimate of drug-likeness (QED) is 0.594. The molecule has 0 heterocycles. The van der Waals surface area contributed by atoms with Gasteiger partial charge in [-0.3, -0.25) is 0 Å². The molecule has 3 rings (SSSR count). The summed E-state index contributed by atoms with van der Waals surface area (Å²) in [6.45, 7) is 5.00. The van der Waals surface area contributed by atoms with E-state index < -0.39 is 0 Å². The summed E-state index contributed by atoms with van der Waals surface area (Å²) in [5.41, 5.74) is 3.07. The average Bonchev–Trinajstić information content (AvgIpc) is 2.35. The summed E-state index contributed by atoms with van der Waals surface area (Å²) < 4.78 is 1.56. The van der Waals surface area contributed by atoms with Crippen molar-refractivity contribution >= 4 is 15.9 Å². The molecule has 0 aliphatic heterocycles. The smallest absolute Gasteiger partial charge is 0.00489 e. The Morgan fingerprint density at radius 1 is 1.38 bits per heavy atom. The number of hydrogen-bond donors (Lipinski definition) is 0. The molecule has 0 aromatic carbocycles. The zero-order valence-electron chi connectivity index (χ0n) is 8.49. The summed E-state index contributed by atoms with van der Waals surface area (Å²) in [4.78, 5) is 0. The SMILES string of the molecule is CC12CC(Br)=C3CCC(C)(C1)C3C2. The standard InChI is InChI=1S/C12H17Br/c1-11-5-9-8(10(13)6-11)3-4-12(9,2)7-11/h9H,3-7H2,1-2H3. The third-order valence-electron chi connectivity index (χ3n) is 4.69. The Morgan fingerprint density at radius 3 is 2.92 bits per heavy atom. The van der Waals surface area contributed by atoms with Crippen LogP contribution in [0.2, 0.25) is 0 Å². The third kappa shape index (κ3) is 0.973. The molecule has 72 valence electrons. The summed E-state index contributed by atoms with van der Waals surface area (Å²) in [7, 11) is 0. The predicted octanol–water partition coefficient (Wildman–Crippen LogP) is 4.26. The first-order chi connectivity index (χ1) is 6.03. The molecule has 3 atom stereocenters. The molecule has 3 aliphatic carbocycles. The lowest BCUT2D eigenvalue weighted by Crippen LogP contribution is -2.17. The monoisotopic (exact) mass is 240 g/mol. The normalized spacial score (nSPS) is 53.3. The van der Waals surface area contributed by atoms with Crippen LogP contribution in [0.15, 0.2) is 10.1 Å². The highest BCUT2D eigenvalue weighted by Crippen LogP contribution is 2.68. The Labute approximate surface area is 88.9 Å². The predicted molar refractivity (Wildman–Crippen MR) is 58.7 cm³/mol. The van der Waals surface area contributed by atoms with Crippen molar-refractivity contribution in [3.05, 3.63) is 10.1 Å². The van der Waals surface area contributed by atoms with E-state index in [9.17, 15) is 0 Å². The van der Waals surface area contributed by atoms with Crippen molar-refractivity contribution in [2.75, 3.05) is 0 Å². The highest BCUT2D eigenvalue weighted by atomic mass is 79.9. The second-order valence-corrected chi connectivity index (χ2v) is 6.96. The van der Waals surface area contributed by atoms with Crippen molar-refractivity contribution < 1.29 is 0 Å². The van der Waals surface area contributed by atoms with Crippen molar-refractivity contribution in [1.82, 2.24) is 0 Å². The van der Waals surface area contributed by atoms with Gasteiger partial charge in [0, 0.05) is 0 Å². The molecule has 0 saturated heterocycles. The fourth-order valence-electron chi connectivity index (χ4n) is 4.26. The van der Waals surface area contributed by atoms with Gasteiger partial charge in [0.05, 0.1) is 0 Å². The molecule has 1 heteroatoms. The van der Waals surface area contributed by atoms with Gasteiger partial charge in [-0.1, -0.05) is 35.4 Å². The zero-order chi connectivity index (χ0) is 9.27. The van der Waals surface area contributed by atoms with Crippen molar-refractivity contribution in [1.29, 1.82) is 0 Å². The largest absolute Gasteiger partial charge is 0.0593 e. The minimum absolute atomic E-state index is 0.627. The van der Waals surface area contributed by atoms with Gasteiger partial charge in [0.15, 0.2) is 0 Å². The van der Waals surface area contributed by atoms with E-state index in [1.54, 1.807) is 10.1 Å². The van der Waals surface area contributed by atoms with E-state index in [-0.39, 0.29) is 0 Å². The van der Waals surface area contributed by atoms with Crippen LogP contribution < -0.4 is 0 Å². The molecule has 3 unspecified atom stereocenters. The number of fused-ring (bicyclic) bond motifs is 1. The molecule has 3 aliphatic rings. The van der Waals surface area contributed by atoms with Gasteiger partial charge < -0.3 is 0 Å². The van der Waals surface area contributed by atoms with Crippen molar-refractivity contribution in [3.63, 3.8) is 0 Å². The Bertz CT molecular complexity index is 304. The summed E-state index contributed by atoms with van der Waals surface area (Å²) >= 11 is 3.80. The molecule has 0 nitrogen and oxygen atoms in total. The molecule has 2 bridgehead atoms. The Hall–Kier alpha value is 0.220. The lowest BCUT2D eigenvalue weighted by molar-refractivity contribution is 0.253. The molecule has 0 aromatic rings. The molecule has 0 aromatic heterocycles. The number of rotatable bonds is 0. The van der Waals surface area contributed by atoms with Gasteiger partial charge in [0.1, 0.15) is 0 Å². The molecule has 0 N–H and O–H groups in total. The first kappa shape index (κ1) is 8.52. The molecular weight excluding hydrogens is 224 g/mol. The first-order valence-electron chi connectivity index (χ1n) is 5.40. The van der Waals surface area contributed by atoms with Crippen molar-refractivity contribution in [2.24, 2.45) is 16.7 Å². The van der Waals surface area contributed by atoms with Gasteiger partial charge >= 0.3 is 0 Å². The molecule has 0 amide bonds. The summed E-state index contributed by atoms with van der Waals surface area (Å²) in [6, 6.07) is 0. The topological polar surface area (TPSA) is 0 Å². The summed E-state index contributed by atoms with van der Waals surface area (Å²) in [6.07, 6.45) is 7.06. The van der Waals surface area contributed by atoms with Crippen LogP contribution in [0.3, 0.4) is 0 Å². The molecule has 0 spiro atoms. The average molecular weight is 241 g/mol. The third-order valence-corrected chi connectivity index (χ3v) is 5.47. The fourth-order valence-corrected chi connectivity index (χ4v) is 5.41. The minimum Gasteiger partial charge on any atom is -0.0593 e. The second kappa shape index (κ2) is 2.24. The second-order valence-electron chi connectivity index (χ2n) is 6.01. The van der Waals surface area contributed by atoms with Crippen LogP contribution >= 0.6 is 15.9 Å². The van der Waals surface area contributed by atoms with Gasteiger partial charge in [0.2, 0.25) is 0 Å². The van der Waals surface area contributed by atoms with E-state index in [2.05, 4.69) is 29.8 Å².